The summed E-state index contributed by atoms with van der Waals surface area (Å²) >= 11 is 0. The number of rotatable bonds is 8. The maximum atomic E-state index is 13.0. The first-order valence-electron chi connectivity index (χ1n) is 11.4. The van der Waals surface area contributed by atoms with Crippen molar-refractivity contribution < 1.29 is 27.5 Å². The van der Waals surface area contributed by atoms with Crippen molar-refractivity contribution in [3.8, 4) is 5.75 Å². The zero-order valence-electron chi connectivity index (χ0n) is 19.1. The molecule has 10 heteroatoms. The third kappa shape index (κ3) is 5.40. The second-order valence-corrected chi connectivity index (χ2v) is 10.2. The van der Waals surface area contributed by atoms with Gasteiger partial charge in [-0.25, -0.2) is 8.42 Å². The van der Waals surface area contributed by atoms with Crippen LogP contribution in [0.3, 0.4) is 0 Å². The topological polar surface area (TPSA) is 114 Å². The van der Waals surface area contributed by atoms with Crippen molar-refractivity contribution >= 4 is 33.2 Å². The summed E-state index contributed by atoms with van der Waals surface area (Å²) in [6.45, 7) is 3.43. The summed E-state index contributed by atoms with van der Waals surface area (Å²) in [5, 5.41) is 5.67. The van der Waals surface area contributed by atoms with E-state index in [0.29, 0.717) is 44.1 Å². The lowest BCUT2D eigenvalue weighted by molar-refractivity contribution is -0.121. The molecule has 1 atom stereocenters. The van der Waals surface area contributed by atoms with Crippen molar-refractivity contribution in [1.82, 2.24) is 4.31 Å². The first-order valence-corrected chi connectivity index (χ1v) is 12.9. The molecule has 2 amide bonds. The minimum atomic E-state index is -3.72. The Hall–Kier alpha value is -2.95. The number of morpholine rings is 1. The highest BCUT2D eigenvalue weighted by Gasteiger charge is 2.28. The Labute approximate surface area is 199 Å². The molecule has 2 aromatic carbocycles. The molecule has 2 heterocycles. The SMILES string of the molecule is CCOc1ccc(S(=O)(=O)N2CCOCC2)cc1NC(=O)CCC1Cc2ccccc2NC1=O. The molecule has 2 aromatic rings. The zero-order valence-corrected chi connectivity index (χ0v) is 19.9. The van der Waals surface area contributed by atoms with Gasteiger partial charge in [0.15, 0.2) is 0 Å². The molecular weight excluding hydrogens is 458 g/mol. The van der Waals surface area contributed by atoms with Gasteiger partial charge in [-0.1, -0.05) is 18.2 Å². The summed E-state index contributed by atoms with van der Waals surface area (Å²) in [7, 11) is -3.72. The van der Waals surface area contributed by atoms with Crippen LogP contribution in [0.1, 0.15) is 25.3 Å². The molecule has 182 valence electrons. The molecule has 34 heavy (non-hydrogen) atoms. The van der Waals surface area contributed by atoms with Gasteiger partial charge in [0.05, 0.1) is 30.4 Å². The van der Waals surface area contributed by atoms with Crippen LogP contribution in [0.25, 0.3) is 0 Å². The summed E-state index contributed by atoms with van der Waals surface area (Å²) in [4.78, 5) is 25.3. The summed E-state index contributed by atoms with van der Waals surface area (Å²) in [5.74, 6) is -0.324. The van der Waals surface area contributed by atoms with E-state index < -0.39 is 10.0 Å². The van der Waals surface area contributed by atoms with Crippen LogP contribution >= 0.6 is 0 Å². The Morgan fingerprint density at radius 3 is 2.74 bits per heavy atom. The van der Waals surface area contributed by atoms with Crippen LogP contribution in [0.4, 0.5) is 11.4 Å². The first-order chi connectivity index (χ1) is 16.4. The first kappa shape index (κ1) is 24.2. The van der Waals surface area contributed by atoms with Crippen LogP contribution in [0, 0.1) is 5.92 Å². The molecule has 0 bridgehead atoms. The number of benzene rings is 2. The molecule has 0 radical (unpaired) electrons. The monoisotopic (exact) mass is 487 g/mol. The quantitative estimate of drug-likeness (QED) is 0.592. The smallest absolute Gasteiger partial charge is 0.243 e. The van der Waals surface area contributed by atoms with Gasteiger partial charge in [0.25, 0.3) is 0 Å². The number of nitrogens with zero attached hydrogens (tertiary/aromatic N) is 1. The molecule has 1 unspecified atom stereocenters. The van der Waals surface area contributed by atoms with Crippen LogP contribution in [0.5, 0.6) is 5.75 Å². The normalized spacial score (nSPS) is 18.6. The van der Waals surface area contributed by atoms with E-state index in [4.69, 9.17) is 9.47 Å². The molecule has 4 rings (SSSR count). The summed E-state index contributed by atoms with van der Waals surface area (Å²) in [6, 6.07) is 12.1. The van der Waals surface area contributed by atoms with Crippen LogP contribution in [-0.4, -0.2) is 57.4 Å². The van der Waals surface area contributed by atoms with Gasteiger partial charge in [0, 0.05) is 31.1 Å². The number of fused-ring (bicyclic) bond motifs is 1. The molecule has 1 fully saturated rings. The number of hydrogen-bond acceptors (Lipinski definition) is 6. The highest BCUT2D eigenvalue weighted by atomic mass is 32.2. The summed E-state index contributed by atoms with van der Waals surface area (Å²) in [5.41, 5.74) is 2.15. The molecule has 9 nitrogen and oxygen atoms in total. The standard InChI is InChI=1S/C24H29N3O6S/c1-2-33-22-9-8-19(34(30,31)27-11-13-32-14-12-27)16-21(22)25-23(28)10-7-18-15-17-5-3-4-6-20(17)26-24(18)29/h3-6,8-9,16,18H,2,7,10-15H2,1H3,(H,25,28)(H,26,29). The molecular formula is C24H29N3O6S. The number of sulfonamides is 1. The van der Waals surface area contributed by atoms with Gasteiger partial charge in [-0.2, -0.15) is 4.31 Å². The lowest BCUT2D eigenvalue weighted by atomic mass is 9.89. The third-order valence-electron chi connectivity index (χ3n) is 5.96. The highest BCUT2D eigenvalue weighted by Crippen LogP contribution is 2.31. The van der Waals surface area contributed by atoms with Crippen molar-refractivity contribution in [2.45, 2.75) is 31.1 Å². The predicted molar refractivity (Wildman–Crippen MR) is 127 cm³/mol. The van der Waals surface area contributed by atoms with E-state index in [9.17, 15) is 18.0 Å². The number of nitrogens with one attached hydrogen (secondary N) is 2. The molecule has 0 spiro atoms. The number of carbonyl (C=O) groups is 2. The predicted octanol–water partition coefficient (Wildman–Crippen LogP) is 2.64. The molecule has 2 N–H and O–H groups in total. The minimum absolute atomic E-state index is 0.0800. The zero-order chi connectivity index (χ0) is 24.1. The molecule has 1 saturated heterocycles. The average molecular weight is 488 g/mol. The Morgan fingerprint density at radius 2 is 1.97 bits per heavy atom. The van der Waals surface area contributed by atoms with E-state index in [0.717, 1.165) is 11.3 Å². The van der Waals surface area contributed by atoms with Gasteiger partial charge < -0.3 is 20.1 Å². The number of carbonyl (C=O) groups excluding carboxylic acids is 2. The molecule has 2 aliphatic heterocycles. The van der Waals surface area contributed by atoms with Gasteiger partial charge in [-0.3, -0.25) is 9.59 Å². The van der Waals surface area contributed by atoms with Gasteiger partial charge in [-0.15, -0.1) is 0 Å². The second-order valence-electron chi connectivity index (χ2n) is 8.24. The lowest BCUT2D eigenvalue weighted by Crippen LogP contribution is -2.40. The van der Waals surface area contributed by atoms with E-state index in [2.05, 4.69) is 10.6 Å². The number of hydrogen-bond donors (Lipinski definition) is 2. The Morgan fingerprint density at radius 1 is 1.21 bits per heavy atom. The van der Waals surface area contributed by atoms with E-state index in [1.807, 2.05) is 31.2 Å². The third-order valence-corrected chi connectivity index (χ3v) is 7.86. The van der Waals surface area contributed by atoms with Crippen molar-refractivity contribution in [2.75, 3.05) is 43.5 Å². The largest absolute Gasteiger partial charge is 0.492 e. The van der Waals surface area contributed by atoms with Gasteiger partial charge in [-0.05, 0) is 49.6 Å². The van der Waals surface area contributed by atoms with E-state index in [1.54, 1.807) is 6.07 Å². The Balaban J connectivity index is 1.45. The summed E-state index contributed by atoms with van der Waals surface area (Å²) < 4.78 is 38.3. The van der Waals surface area contributed by atoms with E-state index in [1.165, 1.54) is 16.4 Å². The van der Waals surface area contributed by atoms with Crippen molar-refractivity contribution in [3.63, 3.8) is 0 Å². The maximum Gasteiger partial charge on any atom is 0.243 e. The van der Waals surface area contributed by atoms with Crippen LogP contribution in [0.15, 0.2) is 47.4 Å². The molecule has 0 aliphatic carbocycles. The number of amides is 2. The van der Waals surface area contributed by atoms with E-state index >= 15 is 0 Å². The van der Waals surface area contributed by atoms with Gasteiger partial charge in [0.1, 0.15) is 5.75 Å². The fourth-order valence-corrected chi connectivity index (χ4v) is 5.58. The number of para-hydroxylation sites is 1. The maximum absolute atomic E-state index is 13.0. The van der Waals surface area contributed by atoms with E-state index in [-0.39, 0.29) is 42.1 Å². The summed E-state index contributed by atoms with van der Waals surface area (Å²) in [6.07, 6.45) is 1.07. The van der Waals surface area contributed by atoms with Gasteiger partial charge in [0.2, 0.25) is 21.8 Å². The average Bonchev–Trinajstić information content (AvgIpc) is 2.84. The Bertz CT molecular complexity index is 1160. The number of ether oxygens (including phenoxy) is 2. The molecule has 0 saturated carbocycles. The van der Waals surface area contributed by atoms with Crippen LogP contribution in [0.2, 0.25) is 0 Å². The van der Waals surface area contributed by atoms with Crippen molar-refractivity contribution in [1.29, 1.82) is 0 Å². The molecule has 0 aromatic heterocycles. The Kier molecular flexibility index (Phi) is 7.50. The number of anilines is 2. The van der Waals surface area contributed by atoms with Crippen molar-refractivity contribution in [3.05, 3.63) is 48.0 Å². The van der Waals surface area contributed by atoms with Crippen molar-refractivity contribution in [2.24, 2.45) is 5.92 Å². The van der Waals surface area contributed by atoms with Crippen LogP contribution in [-0.2, 0) is 30.8 Å². The molecule has 2 aliphatic rings. The fraction of sp³-hybridized carbons (Fsp3) is 0.417. The van der Waals surface area contributed by atoms with Gasteiger partial charge >= 0.3 is 0 Å². The van der Waals surface area contributed by atoms with Crippen LogP contribution < -0.4 is 15.4 Å². The second kappa shape index (κ2) is 10.5. The fourth-order valence-electron chi connectivity index (χ4n) is 4.15. The highest BCUT2D eigenvalue weighted by molar-refractivity contribution is 7.89. The lowest BCUT2D eigenvalue weighted by Gasteiger charge is -2.26. The minimum Gasteiger partial charge on any atom is -0.492 e.